The molecule has 2 rings (SSSR count). The number of oxime groups is 1. The Hall–Kier alpha value is -2.08. The van der Waals surface area contributed by atoms with Crippen molar-refractivity contribution in [1.29, 1.82) is 0 Å². The van der Waals surface area contributed by atoms with Crippen molar-refractivity contribution in [1.82, 2.24) is 4.98 Å². The first-order valence-corrected chi connectivity index (χ1v) is 7.22. The van der Waals surface area contributed by atoms with Gasteiger partial charge in [0.05, 0.1) is 6.54 Å². The van der Waals surface area contributed by atoms with Gasteiger partial charge in [0.15, 0.2) is 5.84 Å². The minimum Gasteiger partial charge on any atom is -0.409 e. The largest absolute Gasteiger partial charge is 0.409 e. The predicted octanol–water partition coefficient (Wildman–Crippen LogP) is 2.65. The molecule has 0 aliphatic carbocycles. The van der Waals surface area contributed by atoms with Crippen molar-refractivity contribution in [3.8, 4) is 0 Å². The van der Waals surface area contributed by atoms with E-state index in [2.05, 4.69) is 40.3 Å². The van der Waals surface area contributed by atoms with E-state index in [0.29, 0.717) is 11.6 Å². The molecular weight excluding hydrogens is 272 g/mol. The van der Waals surface area contributed by atoms with Gasteiger partial charge in [-0.2, -0.15) is 0 Å². The lowest BCUT2D eigenvalue weighted by Gasteiger charge is -2.27. The van der Waals surface area contributed by atoms with Gasteiger partial charge in [0.25, 0.3) is 0 Å². The number of nitrogens with two attached hydrogens (primary N) is 1. The van der Waals surface area contributed by atoms with Crippen LogP contribution in [0, 0.1) is 0 Å². The molecule has 0 radical (unpaired) electrons. The van der Waals surface area contributed by atoms with E-state index in [4.69, 9.17) is 10.9 Å². The zero-order valence-corrected chi connectivity index (χ0v) is 12.3. The summed E-state index contributed by atoms with van der Waals surface area (Å²) in [5.74, 6) is 0.908. The highest BCUT2D eigenvalue weighted by molar-refractivity contribution is 7.09. The standard InChI is InChI=1S/C14H18N4OS/c1-10(2)18(9-12-4-3-7-20-12)13-8-11(5-6-16-13)14(15)17-19/h3-8,10,19H,9H2,1-2H3,(H2,15,17). The monoisotopic (exact) mass is 290 g/mol. The maximum atomic E-state index is 8.76. The number of anilines is 1. The molecule has 2 aromatic heterocycles. The van der Waals surface area contributed by atoms with Gasteiger partial charge in [-0.25, -0.2) is 4.98 Å². The summed E-state index contributed by atoms with van der Waals surface area (Å²) >= 11 is 1.72. The Morgan fingerprint density at radius 1 is 1.50 bits per heavy atom. The summed E-state index contributed by atoms with van der Waals surface area (Å²) in [6, 6.07) is 8.00. The highest BCUT2D eigenvalue weighted by Crippen LogP contribution is 2.21. The molecule has 0 fully saturated rings. The molecule has 0 aliphatic heterocycles. The quantitative estimate of drug-likeness (QED) is 0.384. The molecule has 0 saturated heterocycles. The molecule has 0 spiro atoms. The van der Waals surface area contributed by atoms with E-state index in [1.807, 2.05) is 12.1 Å². The van der Waals surface area contributed by atoms with Gasteiger partial charge < -0.3 is 15.8 Å². The second kappa shape index (κ2) is 6.38. The van der Waals surface area contributed by atoms with Crippen LogP contribution in [-0.4, -0.2) is 22.1 Å². The van der Waals surface area contributed by atoms with Crippen molar-refractivity contribution < 1.29 is 5.21 Å². The van der Waals surface area contributed by atoms with Crippen LogP contribution in [0.25, 0.3) is 0 Å². The van der Waals surface area contributed by atoms with Crippen molar-refractivity contribution in [2.24, 2.45) is 10.9 Å². The zero-order chi connectivity index (χ0) is 14.5. The van der Waals surface area contributed by atoms with E-state index < -0.39 is 0 Å². The average molecular weight is 290 g/mol. The van der Waals surface area contributed by atoms with Crippen molar-refractivity contribution >= 4 is 23.0 Å². The molecule has 2 aromatic rings. The van der Waals surface area contributed by atoms with Gasteiger partial charge in [-0.15, -0.1) is 11.3 Å². The van der Waals surface area contributed by atoms with E-state index in [-0.39, 0.29) is 5.84 Å². The van der Waals surface area contributed by atoms with Gasteiger partial charge in [-0.1, -0.05) is 11.2 Å². The average Bonchev–Trinajstić information content (AvgIpc) is 2.96. The molecule has 0 amide bonds. The Balaban J connectivity index is 2.30. The third-order valence-electron chi connectivity index (χ3n) is 2.97. The summed E-state index contributed by atoms with van der Waals surface area (Å²) in [4.78, 5) is 7.85. The third-order valence-corrected chi connectivity index (χ3v) is 3.83. The predicted molar refractivity (Wildman–Crippen MR) is 82.4 cm³/mol. The lowest BCUT2D eigenvalue weighted by molar-refractivity contribution is 0.318. The molecule has 0 saturated carbocycles. The molecular formula is C14H18N4OS. The summed E-state index contributed by atoms with van der Waals surface area (Å²) in [6.45, 7) is 5.03. The maximum absolute atomic E-state index is 8.76. The summed E-state index contributed by atoms with van der Waals surface area (Å²) in [5, 5.41) is 13.9. The zero-order valence-electron chi connectivity index (χ0n) is 11.5. The van der Waals surface area contributed by atoms with Crippen LogP contribution in [0.2, 0.25) is 0 Å². The van der Waals surface area contributed by atoms with E-state index in [9.17, 15) is 0 Å². The first-order chi connectivity index (χ1) is 9.61. The van der Waals surface area contributed by atoms with Crippen LogP contribution in [0.4, 0.5) is 5.82 Å². The minimum absolute atomic E-state index is 0.0912. The fraction of sp³-hybridized carbons (Fsp3) is 0.286. The molecule has 2 heterocycles. The Bertz CT molecular complexity index is 581. The van der Waals surface area contributed by atoms with Gasteiger partial charge in [-0.05, 0) is 37.4 Å². The van der Waals surface area contributed by atoms with Crippen LogP contribution in [0.5, 0.6) is 0 Å². The fourth-order valence-electron chi connectivity index (χ4n) is 1.89. The van der Waals surface area contributed by atoms with Gasteiger partial charge in [0.2, 0.25) is 0 Å². The number of hydrogen-bond donors (Lipinski definition) is 2. The fourth-order valence-corrected chi connectivity index (χ4v) is 2.59. The number of thiophene rings is 1. The van der Waals surface area contributed by atoms with E-state index >= 15 is 0 Å². The molecule has 0 bridgehead atoms. The van der Waals surface area contributed by atoms with Gasteiger partial charge in [0.1, 0.15) is 5.82 Å². The van der Waals surface area contributed by atoms with Crippen molar-refractivity contribution in [3.05, 3.63) is 46.3 Å². The summed E-state index contributed by atoms with van der Waals surface area (Å²) < 4.78 is 0. The highest BCUT2D eigenvalue weighted by Gasteiger charge is 2.14. The number of nitrogens with zero attached hydrogens (tertiary/aromatic N) is 3. The molecule has 3 N–H and O–H groups in total. The molecule has 5 nitrogen and oxygen atoms in total. The minimum atomic E-state index is 0.0912. The number of amidine groups is 1. The molecule has 0 unspecified atom stereocenters. The highest BCUT2D eigenvalue weighted by atomic mass is 32.1. The lowest BCUT2D eigenvalue weighted by atomic mass is 10.2. The van der Waals surface area contributed by atoms with Gasteiger partial charge >= 0.3 is 0 Å². The Labute approximate surface area is 122 Å². The van der Waals surface area contributed by atoms with Crippen LogP contribution < -0.4 is 10.6 Å². The molecule has 20 heavy (non-hydrogen) atoms. The van der Waals surface area contributed by atoms with Crippen LogP contribution in [0.3, 0.4) is 0 Å². The normalized spacial score (nSPS) is 11.8. The molecule has 106 valence electrons. The second-order valence-corrected chi connectivity index (χ2v) is 5.72. The molecule has 0 aromatic carbocycles. The molecule has 0 atom stereocenters. The van der Waals surface area contributed by atoms with Crippen LogP contribution in [0.1, 0.15) is 24.3 Å². The second-order valence-electron chi connectivity index (χ2n) is 4.69. The first kappa shape index (κ1) is 14.3. The number of rotatable bonds is 5. The summed E-state index contributed by atoms with van der Waals surface area (Å²) in [6.07, 6.45) is 1.67. The van der Waals surface area contributed by atoms with Gasteiger partial charge in [-0.3, -0.25) is 0 Å². The summed E-state index contributed by atoms with van der Waals surface area (Å²) in [7, 11) is 0. The smallest absolute Gasteiger partial charge is 0.170 e. The number of aromatic nitrogens is 1. The van der Waals surface area contributed by atoms with Gasteiger partial charge in [0, 0.05) is 22.7 Å². The molecule has 0 aliphatic rings. The molecule has 6 heteroatoms. The van der Waals surface area contributed by atoms with Crippen molar-refractivity contribution in [2.75, 3.05) is 4.90 Å². The topological polar surface area (TPSA) is 74.7 Å². The number of pyridine rings is 1. The van der Waals surface area contributed by atoms with Crippen LogP contribution >= 0.6 is 11.3 Å². The lowest BCUT2D eigenvalue weighted by Crippen LogP contribution is -2.31. The van der Waals surface area contributed by atoms with Crippen molar-refractivity contribution in [2.45, 2.75) is 26.4 Å². The van der Waals surface area contributed by atoms with Crippen molar-refractivity contribution in [3.63, 3.8) is 0 Å². The Kier molecular flexibility index (Phi) is 4.57. The van der Waals surface area contributed by atoms with Crippen LogP contribution in [0.15, 0.2) is 41.0 Å². The third kappa shape index (κ3) is 3.27. The maximum Gasteiger partial charge on any atom is 0.170 e. The van der Waals surface area contributed by atoms with E-state index in [1.165, 1.54) is 4.88 Å². The SMILES string of the molecule is CC(C)N(Cc1cccs1)c1cc(C(N)=NO)ccn1. The van der Waals surface area contributed by atoms with E-state index in [1.54, 1.807) is 23.6 Å². The first-order valence-electron chi connectivity index (χ1n) is 6.34. The Morgan fingerprint density at radius 2 is 2.30 bits per heavy atom. The van der Waals surface area contributed by atoms with E-state index in [0.717, 1.165) is 12.4 Å². The van der Waals surface area contributed by atoms with Crippen LogP contribution in [-0.2, 0) is 6.54 Å². The Morgan fingerprint density at radius 3 is 2.90 bits per heavy atom. The number of hydrogen-bond acceptors (Lipinski definition) is 5. The summed E-state index contributed by atoms with van der Waals surface area (Å²) in [5.41, 5.74) is 6.29.